The molecule has 1 amide bonds. The molecule has 6 heteroatoms. The lowest BCUT2D eigenvalue weighted by molar-refractivity contribution is -0.139. The maximum atomic E-state index is 12.9. The molecule has 0 radical (unpaired) electrons. The van der Waals surface area contributed by atoms with E-state index >= 15 is 0 Å². The summed E-state index contributed by atoms with van der Waals surface area (Å²) in [4.78, 5) is 24.4. The topological polar surface area (TPSA) is 61.5 Å². The normalized spacial score (nSPS) is 21.3. The van der Waals surface area contributed by atoms with Crippen LogP contribution in [0.1, 0.15) is 24.6 Å². The third-order valence-corrected chi connectivity index (χ3v) is 4.97. The highest BCUT2D eigenvalue weighted by molar-refractivity contribution is 5.83. The third-order valence-electron chi connectivity index (χ3n) is 4.97. The van der Waals surface area contributed by atoms with Gasteiger partial charge in [-0.2, -0.15) is 0 Å². The fraction of sp³-hybridized carbons (Fsp3) is 0.444. The Morgan fingerprint density at radius 3 is 2.83 bits per heavy atom. The molecule has 4 rings (SSSR count). The summed E-state index contributed by atoms with van der Waals surface area (Å²) in [6.07, 6.45) is 5.10. The van der Waals surface area contributed by atoms with E-state index in [9.17, 15) is 4.79 Å². The second-order valence-electron chi connectivity index (χ2n) is 6.53. The summed E-state index contributed by atoms with van der Waals surface area (Å²) >= 11 is 0. The number of nitrogens with one attached hydrogen (secondary N) is 1. The molecule has 3 heterocycles. The number of aromatic amines is 1. The molecule has 0 unspecified atom stereocenters. The van der Waals surface area contributed by atoms with E-state index in [1.54, 1.807) is 6.20 Å². The number of ether oxygens (including phenoxy) is 1. The number of amides is 1. The zero-order valence-corrected chi connectivity index (χ0v) is 13.8. The molecule has 1 aromatic carbocycles. The van der Waals surface area contributed by atoms with Gasteiger partial charge in [-0.1, -0.05) is 12.1 Å². The fourth-order valence-electron chi connectivity index (χ4n) is 3.62. The van der Waals surface area contributed by atoms with Crippen molar-refractivity contribution in [1.29, 1.82) is 0 Å². The SMILES string of the molecule is CN1C[C@H](C(=O)N2CCC(c3ncc[nH]3)CC2)Oc2ccccc21. The summed E-state index contributed by atoms with van der Waals surface area (Å²) in [5, 5.41) is 0. The number of hydrogen-bond donors (Lipinski definition) is 1. The minimum atomic E-state index is -0.426. The van der Waals surface area contributed by atoms with Crippen LogP contribution in [0.2, 0.25) is 0 Å². The Hall–Kier alpha value is -2.50. The summed E-state index contributed by atoms with van der Waals surface area (Å²) < 4.78 is 5.97. The Morgan fingerprint density at radius 1 is 1.29 bits per heavy atom. The first kappa shape index (κ1) is 15.1. The zero-order chi connectivity index (χ0) is 16.5. The monoisotopic (exact) mass is 326 g/mol. The van der Waals surface area contributed by atoms with Gasteiger partial charge in [0.25, 0.3) is 5.91 Å². The molecule has 24 heavy (non-hydrogen) atoms. The van der Waals surface area contributed by atoms with Crippen LogP contribution in [0.25, 0.3) is 0 Å². The molecule has 1 aromatic heterocycles. The van der Waals surface area contributed by atoms with Crippen molar-refractivity contribution in [3.05, 3.63) is 42.5 Å². The number of carbonyl (C=O) groups is 1. The molecule has 1 saturated heterocycles. The number of hydrogen-bond acceptors (Lipinski definition) is 4. The molecular weight excluding hydrogens is 304 g/mol. The number of anilines is 1. The van der Waals surface area contributed by atoms with E-state index in [1.165, 1.54) is 0 Å². The van der Waals surface area contributed by atoms with Gasteiger partial charge >= 0.3 is 0 Å². The van der Waals surface area contributed by atoms with Crippen LogP contribution in [-0.2, 0) is 4.79 Å². The molecule has 2 aromatic rings. The highest BCUT2D eigenvalue weighted by Gasteiger charge is 2.34. The fourth-order valence-corrected chi connectivity index (χ4v) is 3.62. The van der Waals surface area contributed by atoms with Crippen molar-refractivity contribution < 1.29 is 9.53 Å². The summed E-state index contributed by atoms with van der Waals surface area (Å²) in [6, 6.07) is 7.87. The Bertz CT molecular complexity index is 708. The van der Waals surface area contributed by atoms with Crippen molar-refractivity contribution in [2.45, 2.75) is 24.9 Å². The summed E-state index contributed by atoms with van der Waals surface area (Å²) in [6.45, 7) is 2.11. The van der Waals surface area contributed by atoms with Crippen molar-refractivity contribution in [2.24, 2.45) is 0 Å². The molecule has 126 valence electrons. The number of likely N-dealkylation sites (tertiary alicyclic amines) is 1. The molecule has 1 N–H and O–H groups in total. The smallest absolute Gasteiger partial charge is 0.265 e. The highest BCUT2D eigenvalue weighted by Crippen LogP contribution is 2.33. The van der Waals surface area contributed by atoms with E-state index in [2.05, 4.69) is 14.9 Å². The first-order valence-corrected chi connectivity index (χ1v) is 8.47. The Morgan fingerprint density at radius 2 is 2.08 bits per heavy atom. The van der Waals surface area contributed by atoms with E-state index in [4.69, 9.17) is 4.74 Å². The van der Waals surface area contributed by atoms with Crippen LogP contribution in [-0.4, -0.2) is 53.6 Å². The number of fused-ring (bicyclic) bond motifs is 1. The van der Waals surface area contributed by atoms with Crippen LogP contribution >= 0.6 is 0 Å². The van der Waals surface area contributed by atoms with E-state index < -0.39 is 6.10 Å². The van der Waals surface area contributed by atoms with Crippen LogP contribution < -0.4 is 9.64 Å². The standard InChI is InChI=1S/C18H22N4O2/c1-21-12-16(24-15-5-3-2-4-14(15)21)18(23)22-10-6-13(7-11-22)17-19-8-9-20-17/h2-5,8-9,13,16H,6-7,10-12H2,1H3,(H,19,20)/t16-/m1/s1. The lowest BCUT2D eigenvalue weighted by Crippen LogP contribution is -2.51. The predicted octanol–water partition coefficient (Wildman–Crippen LogP) is 2.01. The number of para-hydroxylation sites is 2. The van der Waals surface area contributed by atoms with Crippen molar-refractivity contribution in [3.63, 3.8) is 0 Å². The molecule has 0 bridgehead atoms. The number of benzene rings is 1. The average Bonchev–Trinajstić information content (AvgIpc) is 3.16. The van der Waals surface area contributed by atoms with Crippen LogP contribution in [0.15, 0.2) is 36.7 Å². The number of H-pyrrole nitrogens is 1. The third kappa shape index (κ3) is 2.72. The quantitative estimate of drug-likeness (QED) is 0.917. The van der Waals surface area contributed by atoms with E-state index in [0.717, 1.165) is 43.2 Å². The summed E-state index contributed by atoms with van der Waals surface area (Å²) in [5.41, 5.74) is 1.04. The first-order valence-electron chi connectivity index (χ1n) is 8.47. The number of nitrogens with zero attached hydrogens (tertiary/aromatic N) is 3. The molecule has 0 spiro atoms. The molecular formula is C18H22N4O2. The van der Waals surface area contributed by atoms with Gasteiger partial charge in [-0.3, -0.25) is 4.79 Å². The van der Waals surface area contributed by atoms with Crippen LogP contribution in [0.4, 0.5) is 5.69 Å². The maximum Gasteiger partial charge on any atom is 0.265 e. The van der Waals surface area contributed by atoms with Gasteiger partial charge in [-0.05, 0) is 25.0 Å². The predicted molar refractivity (Wildman–Crippen MR) is 91.3 cm³/mol. The van der Waals surface area contributed by atoms with E-state index in [0.29, 0.717) is 12.5 Å². The van der Waals surface area contributed by atoms with Gasteiger partial charge in [-0.25, -0.2) is 4.98 Å². The molecule has 0 aliphatic carbocycles. The van der Waals surface area contributed by atoms with Crippen molar-refractivity contribution in [1.82, 2.24) is 14.9 Å². The Balaban J connectivity index is 1.40. The van der Waals surface area contributed by atoms with Gasteiger partial charge in [0.15, 0.2) is 6.10 Å². The second kappa shape index (κ2) is 6.19. The van der Waals surface area contributed by atoms with Gasteiger partial charge in [0, 0.05) is 38.4 Å². The van der Waals surface area contributed by atoms with Crippen LogP contribution in [0.5, 0.6) is 5.75 Å². The molecule has 6 nitrogen and oxygen atoms in total. The summed E-state index contributed by atoms with van der Waals surface area (Å²) in [7, 11) is 2.00. The van der Waals surface area contributed by atoms with E-state index in [1.807, 2.05) is 42.4 Å². The van der Waals surface area contributed by atoms with Crippen LogP contribution in [0, 0.1) is 0 Å². The molecule has 1 fully saturated rings. The molecule has 1 atom stereocenters. The Labute approximate surface area is 141 Å². The number of rotatable bonds is 2. The second-order valence-corrected chi connectivity index (χ2v) is 6.53. The van der Waals surface area contributed by atoms with Gasteiger partial charge in [0.05, 0.1) is 12.2 Å². The highest BCUT2D eigenvalue weighted by atomic mass is 16.5. The van der Waals surface area contributed by atoms with Gasteiger partial charge in [0.1, 0.15) is 11.6 Å². The van der Waals surface area contributed by atoms with Crippen molar-refractivity contribution in [2.75, 3.05) is 31.6 Å². The minimum absolute atomic E-state index is 0.0919. The Kier molecular flexibility index (Phi) is 3.88. The maximum absolute atomic E-state index is 12.9. The number of piperidine rings is 1. The lowest BCUT2D eigenvalue weighted by atomic mass is 9.95. The number of carbonyl (C=O) groups excluding carboxylic acids is 1. The minimum Gasteiger partial charge on any atom is -0.477 e. The van der Waals surface area contributed by atoms with Crippen LogP contribution in [0.3, 0.4) is 0 Å². The van der Waals surface area contributed by atoms with Gasteiger partial charge < -0.3 is 19.5 Å². The van der Waals surface area contributed by atoms with Gasteiger partial charge in [0.2, 0.25) is 0 Å². The summed E-state index contributed by atoms with van der Waals surface area (Å²) in [5.74, 6) is 2.33. The molecule has 2 aliphatic heterocycles. The largest absolute Gasteiger partial charge is 0.477 e. The lowest BCUT2D eigenvalue weighted by Gasteiger charge is -2.37. The number of likely N-dealkylation sites (N-methyl/N-ethyl adjacent to an activating group) is 1. The van der Waals surface area contributed by atoms with Crippen molar-refractivity contribution in [3.8, 4) is 5.75 Å². The number of imidazole rings is 1. The molecule has 0 saturated carbocycles. The molecule has 2 aliphatic rings. The first-order chi connectivity index (χ1) is 11.7. The average molecular weight is 326 g/mol. The van der Waals surface area contributed by atoms with Crippen molar-refractivity contribution >= 4 is 11.6 Å². The number of aromatic nitrogens is 2. The van der Waals surface area contributed by atoms with E-state index in [-0.39, 0.29) is 5.91 Å². The zero-order valence-electron chi connectivity index (χ0n) is 13.8. The van der Waals surface area contributed by atoms with Gasteiger partial charge in [-0.15, -0.1) is 0 Å².